The molecule has 9 nitrogen and oxygen atoms in total. The highest BCUT2D eigenvalue weighted by molar-refractivity contribution is 7.99. The summed E-state index contributed by atoms with van der Waals surface area (Å²) < 4.78 is 1.51. The molecule has 2 aromatic heterocycles. The van der Waals surface area contributed by atoms with E-state index < -0.39 is 5.91 Å². The number of nitrogens with zero attached hydrogens (tertiary/aromatic N) is 4. The van der Waals surface area contributed by atoms with Crippen molar-refractivity contribution in [2.75, 3.05) is 5.75 Å². The van der Waals surface area contributed by atoms with Crippen molar-refractivity contribution in [2.45, 2.75) is 11.7 Å². The Labute approximate surface area is 111 Å². The van der Waals surface area contributed by atoms with Crippen LogP contribution in [0.15, 0.2) is 28.4 Å². The van der Waals surface area contributed by atoms with Crippen LogP contribution in [0.25, 0.3) is 0 Å². The molecule has 100 valence electrons. The molecule has 0 bridgehead atoms. The highest BCUT2D eigenvalue weighted by Gasteiger charge is 2.08. The molecular formula is C9H11N7O2S. The zero-order valence-corrected chi connectivity index (χ0v) is 10.6. The van der Waals surface area contributed by atoms with Gasteiger partial charge in [-0.2, -0.15) is 0 Å². The summed E-state index contributed by atoms with van der Waals surface area (Å²) in [7, 11) is 0. The van der Waals surface area contributed by atoms with Crippen LogP contribution in [0, 0.1) is 0 Å². The molecule has 10 heteroatoms. The van der Waals surface area contributed by atoms with Crippen molar-refractivity contribution in [2.24, 2.45) is 5.84 Å². The first-order chi connectivity index (χ1) is 9.19. The van der Waals surface area contributed by atoms with E-state index in [2.05, 4.69) is 20.3 Å². The second-order valence-corrected chi connectivity index (χ2v) is 4.51. The van der Waals surface area contributed by atoms with Crippen LogP contribution >= 0.6 is 11.8 Å². The average Bonchev–Trinajstić information content (AvgIpc) is 2.87. The molecule has 0 spiro atoms. The fraction of sp³-hybridized carbons (Fsp3) is 0.222. The van der Waals surface area contributed by atoms with Gasteiger partial charge >= 0.3 is 0 Å². The van der Waals surface area contributed by atoms with Crippen LogP contribution < -0.4 is 16.8 Å². The van der Waals surface area contributed by atoms with Crippen LogP contribution in [0.5, 0.6) is 0 Å². The molecule has 19 heavy (non-hydrogen) atoms. The van der Waals surface area contributed by atoms with E-state index in [1.165, 1.54) is 34.9 Å². The van der Waals surface area contributed by atoms with Gasteiger partial charge in [0.05, 0.1) is 12.7 Å². The number of aromatic amines is 1. The maximum atomic E-state index is 11.2. The number of carbonyl (C=O) groups excluding carboxylic acids is 1. The van der Waals surface area contributed by atoms with Crippen molar-refractivity contribution >= 4 is 17.7 Å². The third kappa shape index (κ3) is 3.63. The lowest BCUT2D eigenvalue weighted by Crippen LogP contribution is -2.30. The Balaban J connectivity index is 1.87. The first kappa shape index (κ1) is 13.2. The quantitative estimate of drug-likeness (QED) is 0.205. The molecule has 0 aliphatic rings. The molecule has 1 amide bonds. The molecule has 0 unspecified atom stereocenters. The monoisotopic (exact) mass is 281 g/mol. The van der Waals surface area contributed by atoms with Gasteiger partial charge in [-0.1, -0.05) is 17.0 Å². The van der Waals surface area contributed by atoms with E-state index in [-0.39, 0.29) is 11.3 Å². The fourth-order valence-electron chi connectivity index (χ4n) is 1.25. The number of hydrogen-bond acceptors (Lipinski definition) is 7. The number of carbonyl (C=O) groups is 1. The number of hydrogen-bond donors (Lipinski definition) is 3. The van der Waals surface area contributed by atoms with Gasteiger partial charge in [0.25, 0.3) is 11.5 Å². The standard InChI is InChI=1S/C9H11N7O2S/c10-13-8(18)6-5-16(15-14-6)3-4-19-9-11-2-1-7(17)12-9/h1-2,5H,3-4,10H2,(H,13,18)(H,11,12,17). The Morgan fingerprint density at radius 1 is 1.58 bits per heavy atom. The molecule has 0 saturated carbocycles. The second-order valence-electron chi connectivity index (χ2n) is 3.43. The minimum Gasteiger partial charge on any atom is -0.301 e. The van der Waals surface area contributed by atoms with E-state index in [1.807, 2.05) is 5.43 Å². The number of aryl methyl sites for hydroxylation is 1. The topological polar surface area (TPSA) is 132 Å². The molecule has 0 aliphatic carbocycles. The van der Waals surface area contributed by atoms with E-state index in [0.717, 1.165) is 0 Å². The zero-order chi connectivity index (χ0) is 13.7. The van der Waals surface area contributed by atoms with Gasteiger partial charge in [0, 0.05) is 18.0 Å². The summed E-state index contributed by atoms with van der Waals surface area (Å²) in [5.74, 6) is 5.11. The third-order valence-electron chi connectivity index (χ3n) is 2.11. The Kier molecular flexibility index (Phi) is 4.26. The van der Waals surface area contributed by atoms with Crippen LogP contribution in [0.1, 0.15) is 10.5 Å². The first-order valence-electron chi connectivity index (χ1n) is 5.28. The molecule has 0 fully saturated rings. The average molecular weight is 281 g/mol. The molecule has 2 aromatic rings. The van der Waals surface area contributed by atoms with E-state index >= 15 is 0 Å². The number of aromatic nitrogens is 5. The molecule has 2 rings (SSSR count). The van der Waals surface area contributed by atoms with Gasteiger partial charge in [-0.3, -0.25) is 19.7 Å². The second kappa shape index (κ2) is 6.11. The molecule has 0 atom stereocenters. The maximum Gasteiger partial charge on any atom is 0.287 e. The SMILES string of the molecule is NNC(=O)c1cn(CCSc2nccc(=O)[nH]2)nn1. The third-order valence-corrected chi connectivity index (χ3v) is 2.98. The maximum absolute atomic E-state index is 11.2. The van der Waals surface area contributed by atoms with Crippen molar-refractivity contribution in [3.63, 3.8) is 0 Å². The predicted molar refractivity (Wildman–Crippen MR) is 67.3 cm³/mol. The smallest absolute Gasteiger partial charge is 0.287 e. The van der Waals surface area contributed by atoms with E-state index in [1.54, 1.807) is 0 Å². The van der Waals surface area contributed by atoms with Crippen LogP contribution in [-0.4, -0.2) is 36.6 Å². The summed E-state index contributed by atoms with van der Waals surface area (Å²) in [5.41, 5.74) is 1.93. The van der Waals surface area contributed by atoms with E-state index in [9.17, 15) is 9.59 Å². The number of hydrazine groups is 1. The summed E-state index contributed by atoms with van der Waals surface area (Å²) in [6.07, 6.45) is 2.93. The summed E-state index contributed by atoms with van der Waals surface area (Å²) >= 11 is 1.37. The van der Waals surface area contributed by atoms with Gasteiger partial charge in [-0.15, -0.1) is 5.10 Å². The van der Waals surface area contributed by atoms with Gasteiger partial charge in [0.1, 0.15) is 0 Å². The van der Waals surface area contributed by atoms with Crippen LogP contribution in [-0.2, 0) is 6.54 Å². The minimum atomic E-state index is -0.493. The van der Waals surface area contributed by atoms with Gasteiger partial charge in [-0.05, 0) is 0 Å². The number of nitrogens with one attached hydrogen (secondary N) is 2. The van der Waals surface area contributed by atoms with Crippen molar-refractivity contribution in [3.8, 4) is 0 Å². The van der Waals surface area contributed by atoms with Crippen molar-refractivity contribution < 1.29 is 4.79 Å². The number of nitrogen functional groups attached to an aromatic ring is 1. The number of amides is 1. The Bertz CT molecular complexity index is 623. The van der Waals surface area contributed by atoms with Crippen LogP contribution in [0.2, 0.25) is 0 Å². The molecular weight excluding hydrogens is 270 g/mol. The number of thioether (sulfide) groups is 1. The van der Waals surface area contributed by atoms with Gasteiger partial charge < -0.3 is 4.98 Å². The Morgan fingerprint density at radius 2 is 2.42 bits per heavy atom. The van der Waals surface area contributed by atoms with E-state index in [0.29, 0.717) is 17.5 Å². The summed E-state index contributed by atoms with van der Waals surface area (Å²) in [6.45, 7) is 0.522. The number of H-pyrrole nitrogens is 1. The summed E-state index contributed by atoms with van der Waals surface area (Å²) in [5, 5.41) is 7.98. The first-order valence-corrected chi connectivity index (χ1v) is 6.27. The zero-order valence-electron chi connectivity index (χ0n) is 9.74. The predicted octanol–water partition coefficient (Wildman–Crippen LogP) is -1.24. The van der Waals surface area contributed by atoms with Crippen molar-refractivity contribution in [1.29, 1.82) is 0 Å². The van der Waals surface area contributed by atoms with Gasteiger partial charge in [-0.25, -0.2) is 10.8 Å². The molecule has 0 aliphatic heterocycles. The fourth-order valence-corrected chi connectivity index (χ4v) is 2.03. The Morgan fingerprint density at radius 3 is 3.16 bits per heavy atom. The number of nitrogens with two attached hydrogens (primary N) is 1. The lowest BCUT2D eigenvalue weighted by molar-refractivity contribution is 0.0948. The molecule has 4 N–H and O–H groups in total. The van der Waals surface area contributed by atoms with E-state index in [4.69, 9.17) is 5.84 Å². The lowest BCUT2D eigenvalue weighted by atomic mass is 10.5. The highest BCUT2D eigenvalue weighted by atomic mass is 32.2. The molecule has 0 aromatic carbocycles. The van der Waals surface area contributed by atoms with Gasteiger partial charge in [0.2, 0.25) is 0 Å². The molecule has 0 radical (unpaired) electrons. The lowest BCUT2D eigenvalue weighted by Gasteiger charge is -1.99. The van der Waals surface area contributed by atoms with Crippen molar-refractivity contribution in [1.82, 2.24) is 30.4 Å². The van der Waals surface area contributed by atoms with Gasteiger partial charge in [0.15, 0.2) is 10.9 Å². The Hall–Kier alpha value is -2.20. The van der Waals surface area contributed by atoms with Crippen molar-refractivity contribution in [3.05, 3.63) is 34.5 Å². The molecule has 2 heterocycles. The number of rotatable bonds is 5. The van der Waals surface area contributed by atoms with Crippen LogP contribution in [0.3, 0.4) is 0 Å². The largest absolute Gasteiger partial charge is 0.301 e. The molecule has 0 saturated heterocycles. The normalized spacial score (nSPS) is 10.4. The van der Waals surface area contributed by atoms with Crippen LogP contribution in [0.4, 0.5) is 0 Å². The minimum absolute atomic E-state index is 0.152. The summed E-state index contributed by atoms with van der Waals surface area (Å²) in [4.78, 5) is 28.8. The highest BCUT2D eigenvalue weighted by Crippen LogP contribution is 2.10. The summed E-state index contributed by atoms with van der Waals surface area (Å²) in [6, 6.07) is 1.35.